The molecule has 1 heterocycles. The number of halogens is 2. The number of ether oxygens (including phenoxy) is 1. The number of nitrogens with two attached hydrogens (primary N) is 1. The van der Waals surface area contributed by atoms with Crippen LogP contribution in [0.4, 0.5) is 5.95 Å². The van der Waals surface area contributed by atoms with Gasteiger partial charge in [-0.25, -0.2) is 4.98 Å². The zero-order valence-corrected chi connectivity index (χ0v) is 12.9. The van der Waals surface area contributed by atoms with Crippen molar-refractivity contribution in [2.24, 2.45) is 0 Å². The van der Waals surface area contributed by atoms with Crippen LogP contribution in [0, 0.1) is 0 Å². The molecule has 0 unspecified atom stereocenters. The van der Waals surface area contributed by atoms with Crippen LogP contribution in [0.1, 0.15) is 0 Å². The van der Waals surface area contributed by atoms with E-state index in [9.17, 15) is 0 Å². The van der Waals surface area contributed by atoms with Crippen LogP contribution >= 0.6 is 27.5 Å². The molecule has 2 aromatic carbocycles. The van der Waals surface area contributed by atoms with Gasteiger partial charge in [-0.1, -0.05) is 11.6 Å². The second-order valence-electron chi connectivity index (χ2n) is 4.26. The number of hydrogen-bond acceptors (Lipinski definition) is 3. The molecule has 0 radical (unpaired) electrons. The molecule has 0 saturated carbocycles. The zero-order chi connectivity index (χ0) is 14.3. The Bertz CT molecular complexity index is 800. The number of benzene rings is 2. The molecule has 0 aliphatic carbocycles. The molecule has 0 atom stereocenters. The van der Waals surface area contributed by atoms with Crippen molar-refractivity contribution in [2.45, 2.75) is 0 Å². The number of anilines is 1. The second kappa shape index (κ2) is 5.00. The summed E-state index contributed by atoms with van der Waals surface area (Å²) in [5.41, 5.74) is 8.56. The summed E-state index contributed by atoms with van der Waals surface area (Å²) in [6, 6.07) is 11.3. The first kappa shape index (κ1) is 13.3. The first-order chi connectivity index (χ1) is 9.60. The van der Waals surface area contributed by atoms with E-state index >= 15 is 0 Å². The van der Waals surface area contributed by atoms with Crippen LogP contribution in [0.2, 0.25) is 5.02 Å². The number of aromatic nitrogens is 2. The lowest BCUT2D eigenvalue weighted by atomic mass is 10.2. The third-order valence-electron chi connectivity index (χ3n) is 3.04. The lowest BCUT2D eigenvalue weighted by Crippen LogP contribution is -2.01. The summed E-state index contributed by atoms with van der Waals surface area (Å²) in [4.78, 5) is 4.33. The van der Waals surface area contributed by atoms with Crippen molar-refractivity contribution in [1.29, 1.82) is 0 Å². The Morgan fingerprint density at radius 2 is 2.05 bits per heavy atom. The van der Waals surface area contributed by atoms with Crippen LogP contribution in [-0.4, -0.2) is 16.7 Å². The van der Waals surface area contributed by atoms with Gasteiger partial charge < -0.3 is 10.5 Å². The molecule has 1 aromatic heterocycles. The summed E-state index contributed by atoms with van der Waals surface area (Å²) in [6.45, 7) is 0. The van der Waals surface area contributed by atoms with Crippen molar-refractivity contribution < 1.29 is 4.74 Å². The van der Waals surface area contributed by atoms with Crippen LogP contribution in [0.5, 0.6) is 5.75 Å². The molecular formula is C14H11BrClN3O. The van der Waals surface area contributed by atoms with Crippen molar-refractivity contribution in [3.8, 4) is 11.4 Å². The third kappa shape index (κ3) is 2.13. The van der Waals surface area contributed by atoms with E-state index in [1.165, 1.54) is 0 Å². The Balaban J connectivity index is 2.26. The van der Waals surface area contributed by atoms with Gasteiger partial charge in [-0.2, -0.15) is 0 Å². The van der Waals surface area contributed by atoms with Gasteiger partial charge in [-0.15, -0.1) is 0 Å². The van der Waals surface area contributed by atoms with Gasteiger partial charge in [-0.05, 0) is 46.3 Å². The van der Waals surface area contributed by atoms with E-state index in [1.807, 2.05) is 34.9 Å². The number of nitrogen functional groups attached to an aromatic ring is 1. The van der Waals surface area contributed by atoms with Crippen molar-refractivity contribution in [2.75, 3.05) is 12.8 Å². The van der Waals surface area contributed by atoms with Crippen LogP contribution in [0.3, 0.4) is 0 Å². The Hall–Kier alpha value is -1.72. The minimum atomic E-state index is 0.409. The van der Waals surface area contributed by atoms with Crippen molar-refractivity contribution in [3.63, 3.8) is 0 Å². The minimum absolute atomic E-state index is 0.409. The first-order valence-electron chi connectivity index (χ1n) is 5.87. The van der Waals surface area contributed by atoms with Gasteiger partial charge in [-0.3, -0.25) is 4.57 Å². The molecule has 6 heteroatoms. The molecule has 3 rings (SSSR count). The lowest BCUT2D eigenvalue weighted by molar-refractivity contribution is 0.412. The molecule has 0 spiro atoms. The quantitative estimate of drug-likeness (QED) is 0.757. The highest BCUT2D eigenvalue weighted by Crippen LogP contribution is 2.31. The Labute approximate surface area is 129 Å². The molecule has 102 valence electrons. The fourth-order valence-electron chi connectivity index (χ4n) is 2.13. The van der Waals surface area contributed by atoms with Crippen molar-refractivity contribution in [3.05, 3.63) is 45.9 Å². The summed E-state index contributed by atoms with van der Waals surface area (Å²) in [5.74, 6) is 1.14. The summed E-state index contributed by atoms with van der Waals surface area (Å²) >= 11 is 9.41. The molecule has 0 amide bonds. The van der Waals surface area contributed by atoms with Crippen LogP contribution in [-0.2, 0) is 0 Å². The van der Waals surface area contributed by atoms with Gasteiger partial charge in [0.2, 0.25) is 5.95 Å². The van der Waals surface area contributed by atoms with E-state index in [0.717, 1.165) is 26.9 Å². The molecule has 0 aliphatic rings. The monoisotopic (exact) mass is 351 g/mol. The molecule has 2 N–H and O–H groups in total. The number of hydrogen-bond donors (Lipinski definition) is 1. The lowest BCUT2D eigenvalue weighted by Gasteiger charge is -2.09. The van der Waals surface area contributed by atoms with E-state index in [4.69, 9.17) is 22.1 Å². The molecule has 0 aliphatic heterocycles. The fourth-order valence-corrected chi connectivity index (χ4v) is 2.71. The standard InChI is InChI=1S/C14H11BrClN3O/c1-20-13-7-9(3-4-10(13)15)19-12-5-2-8(16)6-11(12)18-14(19)17/h2-7H,1H3,(H2,17,18). The summed E-state index contributed by atoms with van der Waals surface area (Å²) in [6.07, 6.45) is 0. The summed E-state index contributed by atoms with van der Waals surface area (Å²) in [7, 11) is 1.62. The predicted molar refractivity (Wildman–Crippen MR) is 84.7 cm³/mol. The normalized spacial score (nSPS) is 10.9. The molecule has 0 saturated heterocycles. The fraction of sp³-hybridized carbons (Fsp3) is 0.0714. The van der Waals surface area contributed by atoms with Crippen LogP contribution < -0.4 is 10.5 Å². The van der Waals surface area contributed by atoms with Gasteiger partial charge in [0, 0.05) is 11.1 Å². The molecule has 0 bridgehead atoms. The predicted octanol–water partition coefficient (Wildman–Crippen LogP) is 4.03. The maximum atomic E-state index is 6.02. The molecule has 4 nitrogen and oxygen atoms in total. The van der Waals surface area contributed by atoms with E-state index < -0.39 is 0 Å². The van der Waals surface area contributed by atoms with Crippen LogP contribution in [0.25, 0.3) is 16.7 Å². The minimum Gasteiger partial charge on any atom is -0.495 e. The van der Waals surface area contributed by atoms with Crippen molar-refractivity contribution >= 4 is 44.5 Å². The topological polar surface area (TPSA) is 53.1 Å². The van der Waals surface area contributed by atoms with Gasteiger partial charge in [0.15, 0.2) is 0 Å². The number of nitrogens with zero attached hydrogens (tertiary/aromatic N) is 2. The maximum absolute atomic E-state index is 6.02. The maximum Gasteiger partial charge on any atom is 0.205 e. The molecule has 20 heavy (non-hydrogen) atoms. The summed E-state index contributed by atoms with van der Waals surface area (Å²) < 4.78 is 8.06. The second-order valence-corrected chi connectivity index (χ2v) is 5.55. The highest BCUT2D eigenvalue weighted by atomic mass is 79.9. The first-order valence-corrected chi connectivity index (χ1v) is 7.04. The average molecular weight is 353 g/mol. The van der Waals surface area contributed by atoms with Gasteiger partial charge >= 0.3 is 0 Å². The molecular weight excluding hydrogens is 342 g/mol. The highest BCUT2D eigenvalue weighted by molar-refractivity contribution is 9.10. The van der Waals surface area contributed by atoms with E-state index in [0.29, 0.717) is 11.0 Å². The Kier molecular flexibility index (Phi) is 3.31. The highest BCUT2D eigenvalue weighted by Gasteiger charge is 2.12. The largest absolute Gasteiger partial charge is 0.495 e. The summed E-state index contributed by atoms with van der Waals surface area (Å²) in [5, 5.41) is 0.635. The molecule has 0 fully saturated rings. The number of fused-ring (bicyclic) bond motifs is 1. The molecule has 3 aromatic rings. The third-order valence-corrected chi connectivity index (χ3v) is 3.93. The van der Waals surface area contributed by atoms with Gasteiger partial charge in [0.25, 0.3) is 0 Å². The smallest absolute Gasteiger partial charge is 0.205 e. The van der Waals surface area contributed by atoms with E-state index in [-0.39, 0.29) is 0 Å². The number of rotatable bonds is 2. The SMILES string of the molecule is COc1cc(-n2c(N)nc3cc(Cl)ccc32)ccc1Br. The Morgan fingerprint density at radius 3 is 2.80 bits per heavy atom. The Morgan fingerprint density at radius 1 is 1.25 bits per heavy atom. The van der Waals surface area contributed by atoms with E-state index in [2.05, 4.69) is 20.9 Å². The zero-order valence-electron chi connectivity index (χ0n) is 10.6. The number of methoxy groups -OCH3 is 1. The van der Waals surface area contributed by atoms with Crippen LogP contribution in [0.15, 0.2) is 40.9 Å². The van der Waals surface area contributed by atoms with Gasteiger partial charge in [0.05, 0.1) is 28.3 Å². The van der Waals surface area contributed by atoms with Gasteiger partial charge in [0.1, 0.15) is 5.75 Å². The van der Waals surface area contributed by atoms with Crippen molar-refractivity contribution in [1.82, 2.24) is 9.55 Å². The average Bonchev–Trinajstić information content (AvgIpc) is 2.74. The number of imidazole rings is 1. The van der Waals surface area contributed by atoms with E-state index in [1.54, 1.807) is 13.2 Å².